The van der Waals surface area contributed by atoms with E-state index in [0.717, 1.165) is 10.9 Å². The fourth-order valence-corrected chi connectivity index (χ4v) is 3.68. The molecule has 106 valence electrons. The standard InChI is InChI=1S/C15H17BrN2O2/c1-9(2)15(10(3)16)12-4-5-14(18(19)20)13-8-17-7-6-11(12)13/h4-10,15H,1-3H3. The molecular weight excluding hydrogens is 320 g/mol. The summed E-state index contributed by atoms with van der Waals surface area (Å²) in [5, 5.41) is 12.7. The van der Waals surface area contributed by atoms with Crippen molar-refractivity contribution in [2.24, 2.45) is 5.92 Å². The smallest absolute Gasteiger partial charge is 0.264 e. The molecule has 0 aliphatic carbocycles. The third-order valence-electron chi connectivity index (χ3n) is 3.60. The van der Waals surface area contributed by atoms with E-state index in [1.54, 1.807) is 18.5 Å². The maximum absolute atomic E-state index is 11.1. The van der Waals surface area contributed by atoms with Crippen LogP contribution in [0.25, 0.3) is 10.8 Å². The number of hydrogen-bond acceptors (Lipinski definition) is 3. The minimum Gasteiger partial charge on any atom is -0.264 e. The van der Waals surface area contributed by atoms with Gasteiger partial charge in [0.15, 0.2) is 0 Å². The minimum absolute atomic E-state index is 0.113. The molecule has 1 aromatic heterocycles. The van der Waals surface area contributed by atoms with E-state index in [1.807, 2.05) is 12.1 Å². The van der Waals surface area contributed by atoms with Crippen LogP contribution in [-0.2, 0) is 0 Å². The van der Waals surface area contributed by atoms with Crippen LogP contribution in [-0.4, -0.2) is 14.7 Å². The molecule has 0 aliphatic heterocycles. The Labute approximate surface area is 126 Å². The zero-order valence-corrected chi connectivity index (χ0v) is 13.3. The van der Waals surface area contributed by atoms with Crippen LogP contribution in [0.15, 0.2) is 30.6 Å². The zero-order valence-electron chi connectivity index (χ0n) is 11.7. The minimum atomic E-state index is -0.351. The van der Waals surface area contributed by atoms with Crippen molar-refractivity contribution in [2.75, 3.05) is 0 Å². The van der Waals surface area contributed by atoms with E-state index >= 15 is 0 Å². The number of nitro benzene ring substituents is 1. The first-order valence-electron chi connectivity index (χ1n) is 6.58. The van der Waals surface area contributed by atoms with Crippen molar-refractivity contribution < 1.29 is 4.92 Å². The number of halogens is 1. The fraction of sp³-hybridized carbons (Fsp3) is 0.400. The number of nitro groups is 1. The van der Waals surface area contributed by atoms with Crippen LogP contribution >= 0.6 is 15.9 Å². The lowest BCUT2D eigenvalue weighted by atomic mass is 9.83. The maximum atomic E-state index is 11.1. The molecule has 0 saturated heterocycles. The van der Waals surface area contributed by atoms with Gasteiger partial charge in [-0.2, -0.15) is 0 Å². The van der Waals surface area contributed by atoms with Crippen molar-refractivity contribution in [1.29, 1.82) is 0 Å². The summed E-state index contributed by atoms with van der Waals surface area (Å²) in [5.41, 5.74) is 1.24. The Morgan fingerprint density at radius 1 is 1.20 bits per heavy atom. The zero-order chi connectivity index (χ0) is 14.9. The Bertz CT molecular complexity index is 633. The second-order valence-corrected chi connectivity index (χ2v) is 6.74. The number of hydrogen-bond donors (Lipinski definition) is 0. The van der Waals surface area contributed by atoms with Crippen LogP contribution in [0.3, 0.4) is 0 Å². The molecule has 2 rings (SSSR count). The highest BCUT2D eigenvalue weighted by Gasteiger charge is 2.25. The Morgan fingerprint density at radius 2 is 1.90 bits per heavy atom. The molecule has 2 atom stereocenters. The highest BCUT2D eigenvalue weighted by molar-refractivity contribution is 9.09. The van der Waals surface area contributed by atoms with Gasteiger partial charge in [-0.1, -0.05) is 42.8 Å². The number of aromatic nitrogens is 1. The molecule has 20 heavy (non-hydrogen) atoms. The van der Waals surface area contributed by atoms with Crippen molar-refractivity contribution in [3.8, 4) is 0 Å². The number of non-ortho nitro benzene ring substituents is 1. The summed E-state index contributed by atoms with van der Waals surface area (Å²) < 4.78 is 0. The van der Waals surface area contributed by atoms with E-state index < -0.39 is 0 Å². The average molecular weight is 337 g/mol. The van der Waals surface area contributed by atoms with Gasteiger partial charge in [-0.15, -0.1) is 0 Å². The summed E-state index contributed by atoms with van der Waals surface area (Å²) >= 11 is 3.66. The number of fused-ring (bicyclic) bond motifs is 1. The fourth-order valence-electron chi connectivity index (χ4n) is 2.79. The number of alkyl halides is 1. The maximum Gasteiger partial charge on any atom is 0.278 e. The highest BCUT2D eigenvalue weighted by Crippen LogP contribution is 2.38. The van der Waals surface area contributed by atoms with Crippen molar-refractivity contribution in [3.63, 3.8) is 0 Å². The van der Waals surface area contributed by atoms with E-state index in [4.69, 9.17) is 0 Å². The van der Waals surface area contributed by atoms with Gasteiger partial charge in [0.2, 0.25) is 0 Å². The van der Waals surface area contributed by atoms with Crippen molar-refractivity contribution in [1.82, 2.24) is 4.98 Å². The summed E-state index contributed by atoms with van der Waals surface area (Å²) in [6.07, 6.45) is 3.26. The second kappa shape index (κ2) is 5.87. The Balaban J connectivity index is 2.73. The van der Waals surface area contributed by atoms with Gasteiger partial charge < -0.3 is 0 Å². The van der Waals surface area contributed by atoms with E-state index in [2.05, 4.69) is 41.7 Å². The van der Waals surface area contributed by atoms with Crippen LogP contribution < -0.4 is 0 Å². The van der Waals surface area contributed by atoms with Crippen molar-refractivity contribution >= 4 is 32.4 Å². The monoisotopic (exact) mass is 336 g/mol. The van der Waals surface area contributed by atoms with E-state index in [0.29, 0.717) is 22.0 Å². The van der Waals surface area contributed by atoms with Crippen molar-refractivity contribution in [3.05, 3.63) is 46.3 Å². The lowest BCUT2D eigenvalue weighted by Gasteiger charge is -2.25. The number of pyridine rings is 1. The third-order valence-corrected chi connectivity index (χ3v) is 4.17. The Kier molecular flexibility index (Phi) is 4.38. The molecule has 1 aromatic carbocycles. The van der Waals surface area contributed by atoms with Crippen LogP contribution in [0.2, 0.25) is 0 Å². The molecule has 4 nitrogen and oxygen atoms in total. The molecule has 2 unspecified atom stereocenters. The predicted molar refractivity (Wildman–Crippen MR) is 84.4 cm³/mol. The summed E-state index contributed by atoms with van der Waals surface area (Å²) in [6, 6.07) is 5.33. The van der Waals surface area contributed by atoms with Gasteiger partial charge in [0.25, 0.3) is 5.69 Å². The van der Waals surface area contributed by atoms with Gasteiger partial charge in [0.05, 0.1) is 10.3 Å². The van der Waals surface area contributed by atoms with Crippen LogP contribution in [0.5, 0.6) is 0 Å². The lowest BCUT2D eigenvalue weighted by Crippen LogP contribution is -2.16. The third kappa shape index (κ3) is 2.68. The first kappa shape index (κ1) is 14.9. The highest BCUT2D eigenvalue weighted by atomic mass is 79.9. The molecule has 0 radical (unpaired) electrons. The van der Waals surface area contributed by atoms with E-state index in [1.165, 1.54) is 0 Å². The summed E-state index contributed by atoms with van der Waals surface area (Å²) in [4.78, 5) is 15.1. The van der Waals surface area contributed by atoms with Gasteiger partial charge in [-0.25, -0.2) is 0 Å². The molecule has 0 N–H and O–H groups in total. The SMILES string of the molecule is CC(C)C(c1ccc([N+](=O)[O-])c2cnccc12)C(C)Br. The largest absolute Gasteiger partial charge is 0.278 e. The van der Waals surface area contributed by atoms with Crippen LogP contribution in [0.1, 0.15) is 32.3 Å². The first-order valence-corrected chi connectivity index (χ1v) is 7.50. The van der Waals surface area contributed by atoms with Gasteiger partial charge in [0, 0.05) is 23.3 Å². The van der Waals surface area contributed by atoms with Crippen LogP contribution in [0, 0.1) is 16.0 Å². The molecular formula is C15H17BrN2O2. The number of nitrogens with zero attached hydrogens (tertiary/aromatic N) is 2. The first-order chi connectivity index (χ1) is 9.43. The quantitative estimate of drug-likeness (QED) is 0.463. The van der Waals surface area contributed by atoms with Crippen LogP contribution in [0.4, 0.5) is 5.69 Å². The molecule has 5 heteroatoms. The second-order valence-electron chi connectivity index (χ2n) is 5.30. The average Bonchev–Trinajstić information content (AvgIpc) is 2.37. The molecule has 2 aromatic rings. The Morgan fingerprint density at radius 3 is 2.45 bits per heavy atom. The summed E-state index contributed by atoms with van der Waals surface area (Å²) in [6.45, 7) is 6.44. The number of benzene rings is 1. The predicted octanol–water partition coefficient (Wildman–Crippen LogP) is 4.67. The molecule has 0 bridgehead atoms. The van der Waals surface area contributed by atoms with Gasteiger partial charge in [-0.05, 0) is 28.9 Å². The topological polar surface area (TPSA) is 56.0 Å². The van der Waals surface area contributed by atoms with E-state index in [-0.39, 0.29) is 10.6 Å². The van der Waals surface area contributed by atoms with E-state index in [9.17, 15) is 10.1 Å². The van der Waals surface area contributed by atoms with Crippen molar-refractivity contribution in [2.45, 2.75) is 31.5 Å². The molecule has 0 fully saturated rings. The normalized spacial score (nSPS) is 14.4. The summed E-state index contributed by atoms with van der Waals surface area (Å²) in [5.74, 6) is 0.725. The van der Waals surface area contributed by atoms with Gasteiger partial charge in [0.1, 0.15) is 0 Å². The molecule has 0 amide bonds. The molecule has 1 heterocycles. The molecule has 0 saturated carbocycles. The number of rotatable bonds is 4. The Hall–Kier alpha value is -1.49. The summed E-state index contributed by atoms with van der Waals surface area (Å²) in [7, 11) is 0. The molecule has 0 spiro atoms. The van der Waals surface area contributed by atoms with Gasteiger partial charge >= 0.3 is 0 Å². The van der Waals surface area contributed by atoms with Gasteiger partial charge in [-0.3, -0.25) is 15.1 Å². The lowest BCUT2D eigenvalue weighted by molar-refractivity contribution is -0.383. The molecule has 0 aliphatic rings.